The zero-order valence-corrected chi connectivity index (χ0v) is 12.8. The normalized spacial score (nSPS) is 13.4. The number of hydrogen-bond acceptors (Lipinski definition) is 3. The van der Waals surface area contributed by atoms with Crippen LogP contribution >= 0.6 is 0 Å². The van der Waals surface area contributed by atoms with Gasteiger partial charge in [-0.05, 0) is 44.0 Å². The van der Waals surface area contributed by atoms with E-state index < -0.39 is 0 Å². The summed E-state index contributed by atoms with van der Waals surface area (Å²) >= 11 is 0. The molecule has 20 heavy (non-hydrogen) atoms. The molecule has 3 heteroatoms. The largest absolute Gasteiger partial charge is 0.466 e. The second-order valence-electron chi connectivity index (χ2n) is 6.14. The maximum Gasteiger partial charge on any atom is 0.109 e. The summed E-state index contributed by atoms with van der Waals surface area (Å²) < 4.78 is 5.77. The molecule has 3 nitrogen and oxygen atoms in total. The molecule has 0 bridgehead atoms. The highest BCUT2D eigenvalue weighted by Crippen LogP contribution is 2.29. The molecule has 0 saturated heterocycles. The van der Waals surface area contributed by atoms with E-state index in [9.17, 15) is 0 Å². The third-order valence-electron chi connectivity index (χ3n) is 3.60. The van der Waals surface area contributed by atoms with E-state index in [1.165, 1.54) is 5.56 Å². The monoisotopic (exact) mass is 272 g/mol. The van der Waals surface area contributed by atoms with E-state index in [0.717, 1.165) is 24.5 Å². The zero-order chi connectivity index (χ0) is 14.6. The highest BCUT2D eigenvalue weighted by atomic mass is 16.3. The van der Waals surface area contributed by atoms with Crippen LogP contribution in [-0.2, 0) is 12.0 Å². The van der Waals surface area contributed by atoms with Crippen molar-refractivity contribution in [1.82, 2.24) is 10.3 Å². The SMILES string of the molecule is Cc1ccc(C(C)(C)C[C@@H](C)NCc2cccnc2)o1. The Labute approximate surface area is 121 Å². The molecule has 2 aromatic rings. The molecular formula is C17H24N2O. The first-order valence-electron chi connectivity index (χ1n) is 7.16. The second-order valence-corrected chi connectivity index (χ2v) is 6.14. The molecule has 0 aliphatic carbocycles. The van der Waals surface area contributed by atoms with E-state index in [0.29, 0.717) is 6.04 Å². The van der Waals surface area contributed by atoms with E-state index in [1.807, 2.05) is 25.3 Å². The molecule has 2 heterocycles. The first kappa shape index (κ1) is 14.8. The molecule has 1 N–H and O–H groups in total. The van der Waals surface area contributed by atoms with Gasteiger partial charge in [0.25, 0.3) is 0 Å². The third kappa shape index (κ3) is 3.94. The maximum absolute atomic E-state index is 5.77. The summed E-state index contributed by atoms with van der Waals surface area (Å²) in [5, 5.41) is 3.55. The average Bonchev–Trinajstić information content (AvgIpc) is 2.85. The first-order chi connectivity index (χ1) is 9.47. The maximum atomic E-state index is 5.77. The van der Waals surface area contributed by atoms with Gasteiger partial charge in [-0.25, -0.2) is 0 Å². The number of aromatic nitrogens is 1. The average molecular weight is 272 g/mol. The Bertz CT molecular complexity index is 531. The van der Waals surface area contributed by atoms with Crippen molar-refractivity contribution in [2.45, 2.75) is 52.1 Å². The summed E-state index contributed by atoms with van der Waals surface area (Å²) in [7, 11) is 0. The fourth-order valence-corrected chi connectivity index (χ4v) is 2.53. The number of nitrogens with zero attached hydrogens (tertiary/aromatic N) is 1. The molecule has 0 fully saturated rings. The molecule has 0 spiro atoms. The van der Waals surface area contributed by atoms with Crippen LogP contribution in [0.1, 0.15) is 44.3 Å². The van der Waals surface area contributed by atoms with E-state index in [4.69, 9.17) is 4.42 Å². The van der Waals surface area contributed by atoms with E-state index in [1.54, 1.807) is 6.20 Å². The Kier molecular flexibility index (Phi) is 4.61. The summed E-state index contributed by atoms with van der Waals surface area (Å²) in [6.45, 7) is 9.51. The van der Waals surface area contributed by atoms with E-state index in [-0.39, 0.29) is 5.41 Å². The standard InChI is InChI=1S/C17H24N2O/c1-13(19-12-15-6-5-9-18-11-15)10-17(3,4)16-8-7-14(2)20-16/h5-9,11,13,19H,10,12H2,1-4H3/t13-/m1/s1. The van der Waals surface area contributed by atoms with Crippen LogP contribution in [0.15, 0.2) is 41.1 Å². The molecule has 0 aliphatic heterocycles. The zero-order valence-electron chi connectivity index (χ0n) is 12.8. The van der Waals surface area contributed by atoms with Gasteiger partial charge < -0.3 is 9.73 Å². The summed E-state index contributed by atoms with van der Waals surface area (Å²) in [6.07, 6.45) is 4.73. The molecule has 0 aromatic carbocycles. The van der Waals surface area contributed by atoms with E-state index >= 15 is 0 Å². The van der Waals surface area contributed by atoms with Gasteiger partial charge in [0, 0.05) is 30.4 Å². The number of aryl methyl sites for hydroxylation is 1. The molecule has 0 amide bonds. The summed E-state index contributed by atoms with van der Waals surface area (Å²) in [4.78, 5) is 4.13. The lowest BCUT2D eigenvalue weighted by Gasteiger charge is -2.26. The van der Waals surface area contributed by atoms with Gasteiger partial charge in [0.1, 0.15) is 11.5 Å². The van der Waals surface area contributed by atoms with Gasteiger partial charge in [-0.3, -0.25) is 4.98 Å². The van der Waals surface area contributed by atoms with Gasteiger partial charge in [-0.1, -0.05) is 19.9 Å². The van der Waals surface area contributed by atoms with Crippen LogP contribution in [0.2, 0.25) is 0 Å². The molecule has 0 radical (unpaired) electrons. The second kappa shape index (κ2) is 6.23. The van der Waals surface area contributed by atoms with Crippen LogP contribution in [0.3, 0.4) is 0 Å². The Morgan fingerprint density at radius 1 is 1.30 bits per heavy atom. The summed E-state index contributed by atoms with van der Waals surface area (Å²) in [5.74, 6) is 2.04. The number of nitrogens with one attached hydrogen (secondary N) is 1. The van der Waals surface area contributed by atoms with Crippen molar-refractivity contribution in [1.29, 1.82) is 0 Å². The van der Waals surface area contributed by atoms with Gasteiger partial charge in [0.15, 0.2) is 0 Å². The van der Waals surface area contributed by atoms with Crippen LogP contribution < -0.4 is 5.32 Å². The van der Waals surface area contributed by atoms with Crippen molar-refractivity contribution < 1.29 is 4.42 Å². The molecule has 0 unspecified atom stereocenters. The third-order valence-corrected chi connectivity index (χ3v) is 3.60. The van der Waals surface area contributed by atoms with Gasteiger partial charge in [-0.15, -0.1) is 0 Å². The topological polar surface area (TPSA) is 38.1 Å². The quantitative estimate of drug-likeness (QED) is 0.868. The number of hydrogen-bond donors (Lipinski definition) is 1. The minimum absolute atomic E-state index is 0.0373. The molecule has 0 aliphatic rings. The van der Waals surface area contributed by atoms with Crippen LogP contribution in [0, 0.1) is 6.92 Å². The molecular weight excluding hydrogens is 248 g/mol. The highest BCUT2D eigenvalue weighted by Gasteiger charge is 2.26. The fourth-order valence-electron chi connectivity index (χ4n) is 2.53. The van der Waals surface area contributed by atoms with Gasteiger partial charge in [-0.2, -0.15) is 0 Å². The minimum atomic E-state index is 0.0373. The van der Waals surface area contributed by atoms with Crippen LogP contribution in [0.5, 0.6) is 0 Å². The Morgan fingerprint density at radius 3 is 2.70 bits per heavy atom. The lowest BCUT2D eigenvalue weighted by atomic mass is 9.83. The number of pyridine rings is 1. The predicted molar refractivity (Wildman–Crippen MR) is 81.6 cm³/mol. The van der Waals surface area contributed by atoms with Crippen molar-refractivity contribution in [3.8, 4) is 0 Å². The van der Waals surface area contributed by atoms with Gasteiger partial charge in [0.2, 0.25) is 0 Å². The highest BCUT2D eigenvalue weighted by molar-refractivity contribution is 5.15. The van der Waals surface area contributed by atoms with Crippen LogP contribution in [-0.4, -0.2) is 11.0 Å². The Morgan fingerprint density at radius 2 is 2.10 bits per heavy atom. The molecule has 1 atom stereocenters. The molecule has 0 saturated carbocycles. The summed E-state index contributed by atoms with van der Waals surface area (Å²) in [5.41, 5.74) is 1.25. The lowest BCUT2D eigenvalue weighted by molar-refractivity contribution is 0.319. The van der Waals surface area contributed by atoms with Crippen molar-refractivity contribution >= 4 is 0 Å². The minimum Gasteiger partial charge on any atom is -0.466 e. The Balaban J connectivity index is 1.89. The van der Waals surface area contributed by atoms with E-state index in [2.05, 4.69) is 43.2 Å². The molecule has 2 rings (SSSR count). The van der Waals surface area contributed by atoms with Crippen LogP contribution in [0.25, 0.3) is 0 Å². The van der Waals surface area contributed by atoms with Crippen molar-refractivity contribution in [2.24, 2.45) is 0 Å². The van der Waals surface area contributed by atoms with Crippen molar-refractivity contribution in [3.63, 3.8) is 0 Å². The fraction of sp³-hybridized carbons (Fsp3) is 0.471. The number of rotatable bonds is 6. The van der Waals surface area contributed by atoms with Crippen molar-refractivity contribution in [2.75, 3.05) is 0 Å². The lowest BCUT2D eigenvalue weighted by Crippen LogP contribution is -2.32. The Hall–Kier alpha value is -1.61. The predicted octanol–water partition coefficient (Wildman–Crippen LogP) is 3.83. The summed E-state index contributed by atoms with van der Waals surface area (Å²) in [6, 6.07) is 8.59. The van der Waals surface area contributed by atoms with Crippen molar-refractivity contribution in [3.05, 3.63) is 53.7 Å². The first-order valence-corrected chi connectivity index (χ1v) is 7.16. The van der Waals surface area contributed by atoms with Gasteiger partial charge >= 0.3 is 0 Å². The van der Waals surface area contributed by atoms with Gasteiger partial charge in [0.05, 0.1) is 0 Å². The van der Waals surface area contributed by atoms with Crippen LogP contribution in [0.4, 0.5) is 0 Å². The smallest absolute Gasteiger partial charge is 0.109 e. The molecule has 2 aromatic heterocycles. The number of furan rings is 1. The molecule has 108 valence electrons.